The number of rotatable bonds is 6. The molecule has 0 unspecified atom stereocenters. The Kier molecular flexibility index (Phi) is 5.25. The molecule has 0 bridgehead atoms. The largest absolute Gasteiger partial charge is 0.508 e. The summed E-state index contributed by atoms with van der Waals surface area (Å²) in [5.74, 6) is 1.46. The first-order valence-electron chi connectivity index (χ1n) is 6.90. The summed E-state index contributed by atoms with van der Waals surface area (Å²) in [6.07, 6.45) is 3.05. The molecule has 2 aromatic rings. The van der Waals surface area contributed by atoms with Crippen LogP contribution in [0, 0.1) is 0 Å². The first kappa shape index (κ1) is 16.4. The number of carbonyl (C=O) groups excluding carboxylic acids is 1. The smallest absolute Gasteiger partial charge is 0.185 e. The maximum Gasteiger partial charge on any atom is 0.185 e. The highest BCUT2D eigenvalue weighted by atomic mass is 16.5. The number of allylic oxidation sites excluding steroid dienone is 1. The van der Waals surface area contributed by atoms with Crippen LogP contribution in [0.15, 0.2) is 42.5 Å². The highest BCUT2D eigenvalue weighted by Gasteiger charge is 2.10. The average molecular weight is 314 g/mol. The molecule has 0 atom stereocenters. The average Bonchev–Trinajstić information content (AvgIpc) is 2.58. The van der Waals surface area contributed by atoms with Crippen molar-refractivity contribution in [2.24, 2.45) is 0 Å². The van der Waals surface area contributed by atoms with Crippen LogP contribution in [0.4, 0.5) is 0 Å². The van der Waals surface area contributed by atoms with Crippen molar-refractivity contribution >= 4 is 11.9 Å². The van der Waals surface area contributed by atoms with Crippen LogP contribution in [0.2, 0.25) is 0 Å². The Morgan fingerprint density at radius 3 is 2.22 bits per heavy atom. The lowest BCUT2D eigenvalue weighted by Crippen LogP contribution is -1.96. The van der Waals surface area contributed by atoms with Crippen LogP contribution >= 0.6 is 0 Å². The van der Waals surface area contributed by atoms with Gasteiger partial charge in [0.25, 0.3) is 0 Å². The van der Waals surface area contributed by atoms with Crippen LogP contribution in [-0.2, 0) is 0 Å². The van der Waals surface area contributed by atoms with Gasteiger partial charge in [-0.1, -0.05) is 12.1 Å². The number of ketones is 1. The van der Waals surface area contributed by atoms with Crippen molar-refractivity contribution in [2.75, 3.05) is 21.3 Å². The van der Waals surface area contributed by atoms with Gasteiger partial charge in [0, 0.05) is 17.2 Å². The molecule has 0 saturated carbocycles. The summed E-state index contributed by atoms with van der Waals surface area (Å²) in [7, 11) is 4.61. The van der Waals surface area contributed by atoms with Crippen LogP contribution in [-0.4, -0.2) is 32.2 Å². The normalized spacial score (nSPS) is 10.6. The Morgan fingerprint density at radius 2 is 1.61 bits per heavy atom. The molecule has 2 rings (SSSR count). The van der Waals surface area contributed by atoms with Crippen LogP contribution in [0.1, 0.15) is 15.9 Å². The third-order valence-electron chi connectivity index (χ3n) is 3.28. The van der Waals surface area contributed by atoms with Crippen LogP contribution in [0.5, 0.6) is 23.0 Å². The summed E-state index contributed by atoms with van der Waals surface area (Å²) in [5, 5.41) is 9.43. The van der Waals surface area contributed by atoms with E-state index in [-0.39, 0.29) is 11.5 Å². The number of hydrogen-bond donors (Lipinski definition) is 1. The topological polar surface area (TPSA) is 65.0 Å². The van der Waals surface area contributed by atoms with Crippen molar-refractivity contribution in [3.05, 3.63) is 53.6 Å². The maximum atomic E-state index is 12.2. The van der Waals surface area contributed by atoms with Crippen molar-refractivity contribution in [2.45, 2.75) is 0 Å². The third kappa shape index (κ3) is 3.83. The van der Waals surface area contributed by atoms with Crippen molar-refractivity contribution in [3.63, 3.8) is 0 Å². The predicted octanol–water partition coefficient (Wildman–Crippen LogP) is 3.31. The Morgan fingerprint density at radius 1 is 0.957 bits per heavy atom. The van der Waals surface area contributed by atoms with Crippen LogP contribution in [0.3, 0.4) is 0 Å². The number of benzene rings is 2. The molecule has 23 heavy (non-hydrogen) atoms. The minimum atomic E-state index is -0.224. The molecule has 0 radical (unpaired) electrons. The zero-order chi connectivity index (χ0) is 16.8. The maximum absolute atomic E-state index is 12.2. The van der Waals surface area contributed by atoms with Gasteiger partial charge in [-0.25, -0.2) is 0 Å². The van der Waals surface area contributed by atoms with E-state index in [1.165, 1.54) is 39.5 Å². The van der Waals surface area contributed by atoms with Gasteiger partial charge in [-0.15, -0.1) is 0 Å². The van der Waals surface area contributed by atoms with Gasteiger partial charge in [0.15, 0.2) is 17.3 Å². The molecule has 1 N–H and O–H groups in total. The first-order chi connectivity index (χ1) is 11.1. The molecule has 0 spiro atoms. The molecule has 0 saturated heterocycles. The van der Waals surface area contributed by atoms with Crippen LogP contribution in [0.25, 0.3) is 6.08 Å². The highest BCUT2D eigenvalue weighted by molar-refractivity contribution is 6.07. The molecule has 0 fully saturated rings. The summed E-state index contributed by atoms with van der Waals surface area (Å²) in [4.78, 5) is 12.2. The quantitative estimate of drug-likeness (QED) is 0.654. The zero-order valence-electron chi connectivity index (χ0n) is 13.2. The molecule has 5 nitrogen and oxygen atoms in total. The standard InChI is InChI=1S/C18H18O5/c1-21-16-11-18(23-3)17(22-2)10-13(16)7-8-15(20)12-5-4-6-14(19)9-12/h4-11,19H,1-3H3/b8-7+. The molecule has 0 aliphatic rings. The van der Waals surface area contributed by atoms with E-state index in [0.717, 1.165) is 0 Å². The van der Waals surface area contributed by atoms with Gasteiger partial charge in [0.05, 0.1) is 21.3 Å². The SMILES string of the molecule is COc1cc(OC)c(OC)cc1/C=C/C(=O)c1cccc(O)c1. The minimum Gasteiger partial charge on any atom is -0.508 e. The predicted molar refractivity (Wildman–Crippen MR) is 87.6 cm³/mol. The van der Waals surface area contributed by atoms with Gasteiger partial charge in [-0.05, 0) is 30.4 Å². The molecule has 5 heteroatoms. The Bertz CT molecular complexity index is 734. The number of phenols is 1. The molecular formula is C18H18O5. The molecule has 0 aliphatic heterocycles. The number of aromatic hydroxyl groups is 1. The van der Waals surface area contributed by atoms with Gasteiger partial charge in [0.2, 0.25) is 0 Å². The summed E-state index contributed by atoms with van der Waals surface area (Å²) in [6.45, 7) is 0. The fourth-order valence-corrected chi connectivity index (χ4v) is 2.10. The van der Waals surface area contributed by atoms with Gasteiger partial charge in [-0.2, -0.15) is 0 Å². The van der Waals surface area contributed by atoms with E-state index < -0.39 is 0 Å². The highest BCUT2D eigenvalue weighted by Crippen LogP contribution is 2.35. The van der Waals surface area contributed by atoms with E-state index in [9.17, 15) is 9.90 Å². The molecule has 120 valence electrons. The summed E-state index contributed by atoms with van der Waals surface area (Å²) in [6, 6.07) is 9.60. The Hall–Kier alpha value is -2.95. The molecule has 0 aromatic heterocycles. The van der Waals surface area contributed by atoms with Gasteiger partial charge in [0.1, 0.15) is 11.5 Å². The van der Waals surface area contributed by atoms with Gasteiger partial charge >= 0.3 is 0 Å². The lowest BCUT2D eigenvalue weighted by atomic mass is 10.1. The summed E-state index contributed by atoms with van der Waals surface area (Å²) < 4.78 is 15.8. The van der Waals surface area contributed by atoms with Crippen molar-refractivity contribution in [1.82, 2.24) is 0 Å². The van der Waals surface area contributed by atoms with Gasteiger partial charge in [-0.3, -0.25) is 4.79 Å². The fourth-order valence-electron chi connectivity index (χ4n) is 2.10. The van der Waals surface area contributed by atoms with E-state index in [4.69, 9.17) is 14.2 Å². The lowest BCUT2D eigenvalue weighted by molar-refractivity contribution is 0.104. The van der Waals surface area contributed by atoms with E-state index in [0.29, 0.717) is 28.4 Å². The number of ether oxygens (including phenoxy) is 3. The van der Waals surface area contributed by atoms with E-state index >= 15 is 0 Å². The van der Waals surface area contributed by atoms with E-state index in [1.54, 1.807) is 30.3 Å². The first-order valence-corrected chi connectivity index (χ1v) is 6.90. The van der Waals surface area contributed by atoms with Crippen LogP contribution < -0.4 is 14.2 Å². The van der Waals surface area contributed by atoms with E-state index in [1.807, 2.05) is 0 Å². The van der Waals surface area contributed by atoms with Crippen molar-refractivity contribution in [3.8, 4) is 23.0 Å². The second kappa shape index (κ2) is 7.35. The number of carbonyl (C=O) groups is 1. The fraction of sp³-hybridized carbons (Fsp3) is 0.167. The van der Waals surface area contributed by atoms with E-state index in [2.05, 4.69) is 0 Å². The molecule has 0 amide bonds. The van der Waals surface area contributed by atoms with Gasteiger partial charge < -0.3 is 19.3 Å². The third-order valence-corrected chi connectivity index (χ3v) is 3.28. The zero-order valence-corrected chi connectivity index (χ0v) is 13.2. The lowest BCUT2D eigenvalue weighted by Gasteiger charge is -2.12. The van der Waals surface area contributed by atoms with Crippen molar-refractivity contribution < 1.29 is 24.1 Å². The second-order valence-electron chi connectivity index (χ2n) is 4.70. The number of hydrogen-bond acceptors (Lipinski definition) is 5. The summed E-state index contributed by atoms with van der Waals surface area (Å²) in [5.41, 5.74) is 1.08. The number of methoxy groups -OCH3 is 3. The monoisotopic (exact) mass is 314 g/mol. The molecule has 0 heterocycles. The molecular weight excluding hydrogens is 296 g/mol. The second-order valence-corrected chi connectivity index (χ2v) is 4.70. The summed E-state index contributed by atoms with van der Waals surface area (Å²) >= 11 is 0. The molecule has 0 aliphatic carbocycles. The Labute approximate surface area is 134 Å². The molecule has 2 aromatic carbocycles. The minimum absolute atomic E-state index is 0.0490. The Balaban J connectivity index is 2.33. The van der Waals surface area contributed by atoms with Crippen molar-refractivity contribution in [1.29, 1.82) is 0 Å². The number of phenolic OH excluding ortho intramolecular Hbond substituents is 1.